The fourth-order valence-corrected chi connectivity index (χ4v) is 3.15. The van der Waals surface area contributed by atoms with E-state index in [-0.39, 0.29) is 17.4 Å². The Kier molecular flexibility index (Phi) is 6.56. The van der Waals surface area contributed by atoms with Crippen LogP contribution in [0.5, 0.6) is 0 Å². The van der Waals surface area contributed by atoms with E-state index < -0.39 is 12.0 Å². The maximum atomic E-state index is 12.3. The van der Waals surface area contributed by atoms with Crippen molar-refractivity contribution in [3.8, 4) is 0 Å². The van der Waals surface area contributed by atoms with Crippen molar-refractivity contribution in [2.24, 2.45) is 5.92 Å². The Balaban J connectivity index is 1.90. The zero-order valence-electron chi connectivity index (χ0n) is 14.8. The Morgan fingerprint density at radius 3 is 2.52 bits per heavy atom. The van der Waals surface area contributed by atoms with E-state index in [0.717, 1.165) is 18.4 Å². The van der Waals surface area contributed by atoms with Crippen LogP contribution in [0.4, 0.5) is 5.69 Å². The Labute approximate surface area is 148 Å². The predicted molar refractivity (Wildman–Crippen MR) is 95.6 cm³/mol. The number of aromatic carboxylic acids is 1. The average molecular weight is 346 g/mol. The Morgan fingerprint density at radius 1 is 1.20 bits per heavy atom. The van der Waals surface area contributed by atoms with E-state index in [1.54, 1.807) is 19.9 Å². The highest BCUT2D eigenvalue weighted by atomic mass is 16.4. The molecule has 0 aromatic heterocycles. The molecule has 1 aliphatic rings. The first-order valence-electron chi connectivity index (χ1n) is 8.81. The molecule has 1 fully saturated rings. The van der Waals surface area contributed by atoms with E-state index in [9.17, 15) is 14.4 Å². The number of hydrogen-bond donors (Lipinski definition) is 3. The molecule has 1 aromatic rings. The third kappa shape index (κ3) is 5.59. The van der Waals surface area contributed by atoms with Crippen molar-refractivity contribution in [1.29, 1.82) is 0 Å². The van der Waals surface area contributed by atoms with E-state index in [4.69, 9.17) is 5.11 Å². The summed E-state index contributed by atoms with van der Waals surface area (Å²) in [5.41, 5.74) is 1.31. The zero-order chi connectivity index (χ0) is 18.4. The van der Waals surface area contributed by atoms with E-state index in [0.29, 0.717) is 18.0 Å². The molecule has 136 valence electrons. The number of nitrogens with one attached hydrogen (secondary N) is 2. The van der Waals surface area contributed by atoms with Crippen LogP contribution in [0.15, 0.2) is 18.2 Å². The van der Waals surface area contributed by atoms with Crippen molar-refractivity contribution in [2.75, 3.05) is 5.32 Å². The SMILES string of the molecule is Cc1ccc(C(=O)O)cc1NC(=O)[C@H](C)NC(=O)CC1CCCCC1. The maximum absolute atomic E-state index is 12.3. The van der Waals surface area contributed by atoms with Gasteiger partial charge >= 0.3 is 5.97 Å². The van der Waals surface area contributed by atoms with E-state index in [1.165, 1.54) is 31.4 Å². The quantitative estimate of drug-likeness (QED) is 0.737. The molecule has 6 nitrogen and oxygen atoms in total. The fraction of sp³-hybridized carbons (Fsp3) is 0.526. The third-order valence-electron chi connectivity index (χ3n) is 4.71. The fourth-order valence-electron chi connectivity index (χ4n) is 3.15. The first kappa shape index (κ1) is 19.0. The van der Waals surface area contributed by atoms with Crippen LogP contribution in [0.1, 0.15) is 61.4 Å². The van der Waals surface area contributed by atoms with Crippen LogP contribution in [0.2, 0.25) is 0 Å². The van der Waals surface area contributed by atoms with Gasteiger partial charge in [-0.2, -0.15) is 0 Å². The second-order valence-corrected chi connectivity index (χ2v) is 6.82. The molecule has 1 saturated carbocycles. The van der Waals surface area contributed by atoms with Gasteiger partial charge in [0.1, 0.15) is 6.04 Å². The van der Waals surface area contributed by atoms with Gasteiger partial charge in [0.05, 0.1) is 5.56 Å². The summed E-state index contributed by atoms with van der Waals surface area (Å²) >= 11 is 0. The molecule has 0 radical (unpaired) electrons. The number of anilines is 1. The average Bonchev–Trinajstić information content (AvgIpc) is 2.57. The van der Waals surface area contributed by atoms with Gasteiger partial charge in [0.2, 0.25) is 11.8 Å². The molecular formula is C19H26N2O4. The molecule has 1 atom stereocenters. The molecule has 1 aliphatic carbocycles. The number of carboxylic acid groups (broad SMARTS) is 1. The largest absolute Gasteiger partial charge is 0.478 e. The van der Waals surface area contributed by atoms with Gasteiger partial charge in [-0.1, -0.05) is 25.3 Å². The second-order valence-electron chi connectivity index (χ2n) is 6.82. The third-order valence-corrected chi connectivity index (χ3v) is 4.71. The van der Waals surface area contributed by atoms with Crippen LogP contribution in [0, 0.1) is 12.8 Å². The summed E-state index contributed by atoms with van der Waals surface area (Å²) < 4.78 is 0. The summed E-state index contributed by atoms with van der Waals surface area (Å²) in [5, 5.41) is 14.5. The molecular weight excluding hydrogens is 320 g/mol. The molecule has 2 amide bonds. The van der Waals surface area contributed by atoms with Crippen LogP contribution in [-0.4, -0.2) is 28.9 Å². The van der Waals surface area contributed by atoms with E-state index in [1.807, 2.05) is 0 Å². The minimum atomic E-state index is -1.05. The molecule has 3 N–H and O–H groups in total. The standard InChI is InChI=1S/C19H26N2O4/c1-12-8-9-15(19(24)25)11-16(12)21-18(23)13(2)20-17(22)10-14-6-4-3-5-7-14/h8-9,11,13-14H,3-7,10H2,1-2H3,(H,20,22)(H,21,23)(H,24,25)/t13-/m0/s1. The number of benzene rings is 1. The summed E-state index contributed by atoms with van der Waals surface area (Å²) in [6.07, 6.45) is 6.21. The van der Waals surface area contributed by atoms with Crippen LogP contribution in [0.3, 0.4) is 0 Å². The van der Waals surface area contributed by atoms with Gasteiger partial charge in [0.15, 0.2) is 0 Å². The minimum Gasteiger partial charge on any atom is -0.478 e. The van der Waals surface area contributed by atoms with Gasteiger partial charge in [-0.15, -0.1) is 0 Å². The topological polar surface area (TPSA) is 95.5 Å². The predicted octanol–water partition coefficient (Wildman–Crippen LogP) is 3.11. The van der Waals surface area contributed by atoms with E-state index in [2.05, 4.69) is 10.6 Å². The van der Waals surface area contributed by atoms with Crippen molar-refractivity contribution in [3.05, 3.63) is 29.3 Å². The molecule has 0 unspecified atom stereocenters. The Hall–Kier alpha value is -2.37. The number of hydrogen-bond acceptors (Lipinski definition) is 3. The normalized spacial score (nSPS) is 16.1. The molecule has 2 rings (SSSR count). The van der Waals surface area contributed by atoms with Gasteiger partial charge in [0.25, 0.3) is 0 Å². The van der Waals surface area contributed by atoms with Crippen LogP contribution >= 0.6 is 0 Å². The van der Waals surface area contributed by atoms with Crippen LogP contribution in [0.25, 0.3) is 0 Å². The lowest BCUT2D eigenvalue weighted by atomic mass is 9.87. The van der Waals surface area contributed by atoms with Crippen molar-refractivity contribution in [2.45, 2.75) is 58.4 Å². The lowest BCUT2D eigenvalue weighted by Crippen LogP contribution is -2.42. The van der Waals surface area contributed by atoms with Crippen molar-refractivity contribution in [1.82, 2.24) is 5.32 Å². The van der Waals surface area contributed by atoms with Crippen LogP contribution in [-0.2, 0) is 9.59 Å². The molecule has 25 heavy (non-hydrogen) atoms. The summed E-state index contributed by atoms with van der Waals surface area (Å²) in [4.78, 5) is 35.5. The molecule has 1 aromatic carbocycles. The van der Waals surface area contributed by atoms with Crippen molar-refractivity contribution < 1.29 is 19.5 Å². The minimum absolute atomic E-state index is 0.106. The summed E-state index contributed by atoms with van der Waals surface area (Å²) in [5.74, 6) is -1.10. The lowest BCUT2D eigenvalue weighted by Gasteiger charge is -2.22. The number of carbonyl (C=O) groups is 3. The number of carboxylic acids is 1. The summed E-state index contributed by atoms with van der Waals surface area (Å²) in [6, 6.07) is 3.88. The zero-order valence-corrected chi connectivity index (χ0v) is 14.8. The van der Waals surface area contributed by atoms with Gasteiger partial charge in [-0.25, -0.2) is 4.79 Å². The molecule has 0 bridgehead atoms. The van der Waals surface area contributed by atoms with Gasteiger partial charge in [-0.05, 0) is 50.3 Å². The van der Waals surface area contributed by atoms with Gasteiger partial charge in [-0.3, -0.25) is 9.59 Å². The van der Waals surface area contributed by atoms with Crippen LogP contribution < -0.4 is 10.6 Å². The summed E-state index contributed by atoms with van der Waals surface area (Å²) in [6.45, 7) is 3.41. The molecule has 0 heterocycles. The summed E-state index contributed by atoms with van der Waals surface area (Å²) in [7, 11) is 0. The first-order valence-corrected chi connectivity index (χ1v) is 8.81. The lowest BCUT2D eigenvalue weighted by molar-refractivity contribution is -0.126. The van der Waals surface area contributed by atoms with Crippen molar-refractivity contribution in [3.63, 3.8) is 0 Å². The number of aryl methyl sites for hydroxylation is 1. The number of rotatable bonds is 6. The highest BCUT2D eigenvalue weighted by molar-refractivity contribution is 5.98. The van der Waals surface area contributed by atoms with Gasteiger partial charge in [0, 0.05) is 12.1 Å². The Morgan fingerprint density at radius 2 is 1.88 bits per heavy atom. The first-order chi connectivity index (χ1) is 11.9. The number of carbonyl (C=O) groups excluding carboxylic acids is 2. The molecule has 0 spiro atoms. The monoisotopic (exact) mass is 346 g/mol. The van der Waals surface area contributed by atoms with Crippen molar-refractivity contribution >= 4 is 23.5 Å². The smallest absolute Gasteiger partial charge is 0.335 e. The highest BCUT2D eigenvalue weighted by Gasteiger charge is 2.21. The maximum Gasteiger partial charge on any atom is 0.335 e. The van der Waals surface area contributed by atoms with E-state index >= 15 is 0 Å². The molecule has 0 saturated heterocycles. The Bertz CT molecular complexity index is 651. The molecule has 0 aliphatic heterocycles. The molecule has 6 heteroatoms. The number of amides is 2. The highest BCUT2D eigenvalue weighted by Crippen LogP contribution is 2.26. The van der Waals surface area contributed by atoms with Gasteiger partial charge < -0.3 is 15.7 Å². The second kappa shape index (κ2) is 8.65.